The van der Waals surface area contributed by atoms with Crippen LogP contribution in [0, 0.1) is 17.0 Å². The molecule has 0 bridgehead atoms. The van der Waals surface area contributed by atoms with Crippen LogP contribution in [0.5, 0.6) is 0 Å². The SMILES string of the molecule is CNC(Cc1cc(F)ccc1F)C1(C)CCCC1. The summed E-state index contributed by atoms with van der Waals surface area (Å²) >= 11 is 0. The molecule has 1 aliphatic carbocycles. The zero-order chi connectivity index (χ0) is 13.2. The molecule has 1 aromatic carbocycles. The highest BCUT2D eigenvalue weighted by atomic mass is 19.1. The van der Waals surface area contributed by atoms with Gasteiger partial charge in [-0.3, -0.25) is 0 Å². The maximum absolute atomic E-state index is 13.7. The molecule has 1 unspecified atom stereocenters. The van der Waals surface area contributed by atoms with Crippen molar-refractivity contribution in [3.8, 4) is 0 Å². The molecule has 0 aliphatic heterocycles. The zero-order valence-electron chi connectivity index (χ0n) is 11.1. The lowest BCUT2D eigenvalue weighted by Gasteiger charge is -2.34. The predicted molar refractivity (Wildman–Crippen MR) is 69.5 cm³/mol. The van der Waals surface area contributed by atoms with Crippen LogP contribution in [0.4, 0.5) is 8.78 Å². The first kappa shape index (κ1) is 13.5. The molecule has 1 aliphatic rings. The Morgan fingerprint density at radius 3 is 2.56 bits per heavy atom. The predicted octanol–water partition coefficient (Wildman–Crippen LogP) is 3.68. The molecule has 0 radical (unpaired) electrons. The molecule has 1 fully saturated rings. The molecule has 2 rings (SSSR count). The van der Waals surface area contributed by atoms with Crippen LogP contribution < -0.4 is 5.32 Å². The summed E-state index contributed by atoms with van der Waals surface area (Å²) in [5.41, 5.74) is 0.676. The molecule has 0 amide bonds. The average Bonchev–Trinajstić information content (AvgIpc) is 2.78. The second kappa shape index (κ2) is 5.35. The lowest BCUT2D eigenvalue weighted by atomic mass is 9.78. The Bertz CT molecular complexity index is 411. The molecule has 100 valence electrons. The van der Waals surface area contributed by atoms with E-state index < -0.39 is 0 Å². The van der Waals surface area contributed by atoms with Gasteiger partial charge < -0.3 is 5.32 Å². The zero-order valence-corrected chi connectivity index (χ0v) is 11.1. The average molecular weight is 253 g/mol. The van der Waals surface area contributed by atoms with E-state index in [0.717, 1.165) is 12.8 Å². The van der Waals surface area contributed by atoms with Crippen molar-refractivity contribution in [2.24, 2.45) is 5.41 Å². The van der Waals surface area contributed by atoms with E-state index in [9.17, 15) is 8.78 Å². The first-order chi connectivity index (χ1) is 8.55. The van der Waals surface area contributed by atoms with Crippen molar-refractivity contribution < 1.29 is 8.78 Å². The fourth-order valence-electron chi connectivity index (χ4n) is 3.15. The molecule has 1 aromatic rings. The molecule has 1 atom stereocenters. The third kappa shape index (κ3) is 2.72. The van der Waals surface area contributed by atoms with Gasteiger partial charge in [-0.15, -0.1) is 0 Å². The minimum Gasteiger partial charge on any atom is -0.316 e. The fourth-order valence-corrected chi connectivity index (χ4v) is 3.15. The van der Waals surface area contributed by atoms with Gasteiger partial charge in [-0.05, 0) is 55.5 Å². The first-order valence-corrected chi connectivity index (χ1v) is 6.66. The molecule has 0 saturated heterocycles. The number of hydrogen-bond acceptors (Lipinski definition) is 1. The van der Waals surface area contributed by atoms with Crippen LogP contribution in [-0.2, 0) is 6.42 Å². The first-order valence-electron chi connectivity index (χ1n) is 6.66. The van der Waals surface area contributed by atoms with Crippen LogP contribution >= 0.6 is 0 Å². The standard InChI is InChI=1S/C15H21F2N/c1-15(7-3-4-8-15)14(18-2)10-11-9-12(16)5-6-13(11)17/h5-6,9,14,18H,3-4,7-8,10H2,1-2H3. The van der Waals surface area contributed by atoms with Gasteiger partial charge in [0.05, 0.1) is 0 Å². The van der Waals surface area contributed by atoms with Gasteiger partial charge in [0, 0.05) is 6.04 Å². The van der Waals surface area contributed by atoms with Gasteiger partial charge in [-0.1, -0.05) is 19.8 Å². The number of rotatable bonds is 4. The summed E-state index contributed by atoms with van der Waals surface area (Å²) in [5, 5.41) is 3.29. The molecular formula is C15H21F2N. The molecule has 0 spiro atoms. The van der Waals surface area contributed by atoms with Gasteiger partial charge >= 0.3 is 0 Å². The van der Waals surface area contributed by atoms with Crippen molar-refractivity contribution in [1.82, 2.24) is 5.32 Å². The second-order valence-corrected chi connectivity index (χ2v) is 5.64. The van der Waals surface area contributed by atoms with Crippen LogP contribution in [0.2, 0.25) is 0 Å². The van der Waals surface area contributed by atoms with E-state index in [0.29, 0.717) is 12.0 Å². The van der Waals surface area contributed by atoms with Gasteiger partial charge in [0.25, 0.3) is 0 Å². The number of halogens is 2. The molecule has 0 heterocycles. The maximum atomic E-state index is 13.7. The highest BCUT2D eigenvalue weighted by Crippen LogP contribution is 2.41. The van der Waals surface area contributed by atoms with Crippen LogP contribution in [0.25, 0.3) is 0 Å². The largest absolute Gasteiger partial charge is 0.316 e. The molecule has 18 heavy (non-hydrogen) atoms. The van der Waals surface area contributed by atoms with Crippen molar-refractivity contribution in [1.29, 1.82) is 0 Å². The smallest absolute Gasteiger partial charge is 0.126 e. The van der Waals surface area contributed by atoms with Gasteiger partial charge in [0.1, 0.15) is 11.6 Å². The van der Waals surface area contributed by atoms with Crippen LogP contribution in [0.15, 0.2) is 18.2 Å². The Balaban J connectivity index is 2.17. The Labute approximate surface area is 108 Å². The third-order valence-corrected chi connectivity index (χ3v) is 4.37. The summed E-state index contributed by atoms with van der Waals surface area (Å²) in [5.74, 6) is -0.670. The van der Waals surface area contributed by atoms with Gasteiger partial charge in [0.15, 0.2) is 0 Å². The second-order valence-electron chi connectivity index (χ2n) is 5.64. The number of benzene rings is 1. The highest BCUT2D eigenvalue weighted by Gasteiger charge is 2.36. The number of nitrogens with one attached hydrogen (secondary N) is 1. The van der Waals surface area contributed by atoms with Gasteiger partial charge in [-0.2, -0.15) is 0 Å². The summed E-state index contributed by atoms with van der Waals surface area (Å²) in [6, 6.07) is 3.91. The Hall–Kier alpha value is -0.960. The fraction of sp³-hybridized carbons (Fsp3) is 0.600. The van der Waals surface area contributed by atoms with E-state index in [1.807, 2.05) is 7.05 Å². The molecule has 1 nitrogen and oxygen atoms in total. The Morgan fingerprint density at radius 2 is 1.94 bits per heavy atom. The van der Waals surface area contributed by atoms with Crippen molar-refractivity contribution in [2.45, 2.75) is 45.1 Å². The summed E-state index contributed by atoms with van der Waals surface area (Å²) in [6.45, 7) is 2.25. The maximum Gasteiger partial charge on any atom is 0.126 e. The van der Waals surface area contributed by atoms with E-state index in [2.05, 4.69) is 12.2 Å². The lowest BCUT2D eigenvalue weighted by molar-refractivity contribution is 0.228. The van der Waals surface area contributed by atoms with Crippen LogP contribution in [0.3, 0.4) is 0 Å². The topological polar surface area (TPSA) is 12.0 Å². The van der Waals surface area contributed by atoms with E-state index in [1.165, 1.54) is 31.0 Å². The Morgan fingerprint density at radius 1 is 1.28 bits per heavy atom. The molecular weight excluding hydrogens is 232 g/mol. The third-order valence-electron chi connectivity index (χ3n) is 4.37. The molecule has 1 saturated carbocycles. The van der Waals surface area contributed by atoms with E-state index in [4.69, 9.17) is 0 Å². The quantitative estimate of drug-likeness (QED) is 0.863. The van der Waals surface area contributed by atoms with Crippen molar-refractivity contribution in [3.05, 3.63) is 35.4 Å². The lowest BCUT2D eigenvalue weighted by Crippen LogP contribution is -2.42. The molecule has 0 aromatic heterocycles. The Kier molecular flexibility index (Phi) is 4.00. The van der Waals surface area contributed by atoms with Gasteiger partial charge in [-0.25, -0.2) is 8.78 Å². The normalized spacial score (nSPS) is 20.0. The van der Waals surface area contributed by atoms with E-state index in [-0.39, 0.29) is 23.1 Å². The minimum absolute atomic E-state index is 0.202. The van der Waals surface area contributed by atoms with Crippen LogP contribution in [-0.4, -0.2) is 13.1 Å². The van der Waals surface area contributed by atoms with Crippen molar-refractivity contribution >= 4 is 0 Å². The molecule has 3 heteroatoms. The summed E-state index contributed by atoms with van der Waals surface area (Å²) in [6.07, 6.45) is 5.35. The van der Waals surface area contributed by atoms with E-state index in [1.54, 1.807) is 0 Å². The summed E-state index contributed by atoms with van der Waals surface area (Å²) < 4.78 is 26.9. The monoisotopic (exact) mass is 253 g/mol. The number of hydrogen-bond donors (Lipinski definition) is 1. The van der Waals surface area contributed by atoms with Gasteiger partial charge in [0.2, 0.25) is 0 Å². The summed E-state index contributed by atoms with van der Waals surface area (Å²) in [4.78, 5) is 0. The summed E-state index contributed by atoms with van der Waals surface area (Å²) in [7, 11) is 1.91. The van der Waals surface area contributed by atoms with Crippen molar-refractivity contribution in [2.75, 3.05) is 7.05 Å². The minimum atomic E-state index is -0.363. The van der Waals surface area contributed by atoms with E-state index >= 15 is 0 Å². The van der Waals surface area contributed by atoms with Crippen molar-refractivity contribution in [3.63, 3.8) is 0 Å². The molecule has 1 N–H and O–H groups in total. The van der Waals surface area contributed by atoms with Crippen LogP contribution in [0.1, 0.15) is 38.2 Å². The number of likely N-dealkylation sites (N-methyl/N-ethyl adjacent to an activating group) is 1. The highest BCUT2D eigenvalue weighted by molar-refractivity contribution is 5.20.